The molecular weight excluding hydrogens is 232 g/mol. The van der Waals surface area contributed by atoms with Gasteiger partial charge in [-0.25, -0.2) is 4.98 Å². The molecule has 2 unspecified atom stereocenters. The third kappa shape index (κ3) is 2.69. The lowest BCUT2D eigenvalue weighted by Crippen LogP contribution is -2.34. The van der Waals surface area contributed by atoms with Gasteiger partial charge in [0.2, 0.25) is 0 Å². The molecule has 1 aromatic heterocycles. The maximum atomic E-state index is 5.85. The van der Waals surface area contributed by atoms with Gasteiger partial charge < -0.3 is 10.1 Å². The first kappa shape index (κ1) is 13.0. The SMILES string of the molecule is CNCc1cnc(C2(OC)CCCC(C)C2)s1. The molecule has 0 spiro atoms. The topological polar surface area (TPSA) is 34.2 Å². The van der Waals surface area contributed by atoms with Crippen molar-refractivity contribution in [3.63, 3.8) is 0 Å². The van der Waals surface area contributed by atoms with E-state index in [1.807, 2.05) is 20.4 Å². The molecule has 1 aliphatic rings. The van der Waals surface area contributed by atoms with Crippen molar-refractivity contribution in [1.82, 2.24) is 10.3 Å². The number of methoxy groups -OCH3 is 1. The number of nitrogens with one attached hydrogen (secondary N) is 1. The van der Waals surface area contributed by atoms with Crippen molar-refractivity contribution >= 4 is 11.3 Å². The van der Waals surface area contributed by atoms with Crippen molar-refractivity contribution in [2.45, 2.75) is 44.8 Å². The van der Waals surface area contributed by atoms with Crippen molar-refractivity contribution in [1.29, 1.82) is 0 Å². The van der Waals surface area contributed by atoms with Gasteiger partial charge in [-0.3, -0.25) is 0 Å². The van der Waals surface area contributed by atoms with E-state index in [9.17, 15) is 0 Å². The van der Waals surface area contributed by atoms with Gasteiger partial charge in [-0.15, -0.1) is 11.3 Å². The standard InChI is InChI=1S/C13H22N2OS/c1-10-5-4-6-13(7-10,16-3)12-15-9-11(17-12)8-14-2/h9-10,14H,4-8H2,1-3H3. The average Bonchev–Trinajstić information content (AvgIpc) is 2.78. The van der Waals surface area contributed by atoms with Crippen molar-refractivity contribution in [2.75, 3.05) is 14.2 Å². The van der Waals surface area contributed by atoms with Crippen LogP contribution in [-0.4, -0.2) is 19.1 Å². The highest BCUT2D eigenvalue weighted by Gasteiger charge is 2.39. The summed E-state index contributed by atoms with van der Waals surface area (Å²) in [5, 5.41) is 4.33. The molecule has 1 heterocycles. The first-order valence-corrected chi connectivity index (χ1v) is 7.17. The minimum absolute atomic E-state index is 0.117. The Morgan fingerprint density at radius 3 is 3.12 bits per heavy atom. The van der Waals surface area contributed by atoms with Gasteiger partial charge in [0, 0.05) is 24.7 Å². The number of hydrogen-bond donors (Lipinski definition) is 1. The maximum Gasteiger partial charge on any atom is 0.125 e. The zero-order chi connectivity index (χ0) is 12.3. The van der Waals surface area contributed by atoms with Crippen LogP contribution in [0.4, 0.5) is 0 Å². The lowest BCUT2D eigenvalue weighted by Gasteiger charge is -2.37. The average molecular weight is 254 g/mol. The van der Waals surface area contributed by atoms with E-state index in [0.717, 1.165) is 30.3 Å². The molecule has 1 N–H and O–H groups in total. The van der Waals surface area contributed by atoms with Crippen molar-refractivity contribution in [3.8, 4) is 0 Å². The van der Waals surface area contributed by atoms with E-state index in [2.05, 4.69) is 17.2 Å². The van der Waals surface area contributed by atoms with Crippen molar-refractivity contribution in [2.24, 2.45) is 5.92 Å². The zero-order valence-electron chi connectivity index (χ0n) is 11.0. The number of aromatic nitrogens is 1. The molecule has 96 valence electrons. The number of thiazole rings is 1. The minimum atomic E-state index is -0.117. The summed E-state index contributed by atoms with van der Waals surface area (Å²) in [6.07, 6.45) is 6.77. The Kier molecular flexibility index (Phi) is 4.17. The molecule has 4 heteroatoms. The monoisotopic (exact) mass is 254 g/mol. The van der Waals surface area contributed by atoms with Crippen LogP contribution in [0, 0.1) is 5.92 Å². The Morgan fingerprint density at radius 1 is 1.65 bits per heavy atom. The predicted octanol–water partition coefficient (Wildman–Crippen LogP) is 2.91. The van der Waals surface area contributed by atoms with Gasteiger partial charge in [0.1, 0.15) is 10.6 Å². The number of hydrogen-bond acceptors (Lipinski definition) is 4. The molecule has 0 radical (unpaired) electrons. The summed E-state index contributed by atoms with van der Waals surface area (Å²) in [6.45, 7) is 3.21. The third-order valence-corrected chi connectivity index (χ3v) is 4.82. The van der Waals surface area contributed by atoms with E-state index < -0.39 is 0 Å². The molecule has 2 atom stereocenters. The van der Waals surface area contributed by atoms with Crippen molar-refractivity contribution < 1.29 is 4.74 Å². The molecule has 1 aromatic rings. The maximum absolute atomic E-state index is 5.85. The van der Waals surface area contributed by atoms with E-state index in [0.29, 0.717) is 0 Å². The Morgan fingerprint density at radius 2 is 2.47 bits per heavy atom. The smallest absolute Gasteiger partial charge is 0.125 e. The number of nitrogens with zero attached hydrogens (tertiary/aromatic N) is 1. The molecule has 1 saturated carbocycles. The predicted molar refractivity (Wildman–Crippen MR) is 71.2 cm³/mol. The lowest BCUT2D eigenvalue weighted by atomic mass is 9.79. The second-order valence-electron chi connectivity index (χ2n) is 5.06. The molecule has 1 aliphatic carbocycles. The number of ether oxygens (including phenoxy) is 1. The van der Waals surface area contributed by atoms with Crippen LogP contribution in [0.2, 0.25) is 0 Å². The zero-order valence-corrected chi connectivity index (χ0v) is 11.8. The van der Waals surface area contributed by atoms with Gasteiger partial charge in [-0.05, 0) is 32.2 Å². The van der Waals surface area contributed by atoms with Gasteiger partial charge in [0.05, 0.1) is 0 Å². The summed E-state index contributed by atoms with van der Waals surface area (Å²) < 4.78 is 5.85. The molecule has 2 rings (SSSR count). The Bertz CT molecular complexity index is 366. The van der Waals surface area contributed by atoms with Crippen molar-refractivity contribution in [3.05, 3.63) is 16.1 Å². The fourth-order valence-corrected chi connectivity index (χ4v) is 3.87. The fraction of sp³-hybridized carbons (Fsp3) is 0.769. The molecule has 0 bridgehead atoms. The fourth-order valence-electron chi connectivity index (χ4n) is 2.74. The first-order chi connectivity index (χ1) is 8.20. The first-order valence-electron chi connectivity index (χ1n) is 6.35. The highest BCUT2D eigenvalue weighted by molar-refractivity contribution is 7.11. The summed E-state index contributed by atoms with van der Waals surface area (Å²) in [5.74, 6) is 0.736. The minimum Gasteiger partial charge on any atom is -0.371 e. The van der Waals surface area contributed by atoms with Gasteiger partial charge in [-0.2, -0.15) is 0 Å². The van der Waals surface area contributed by atoms with Crippen LogP contribution < -0.4 is 5.32 Å². The number of rotatable bonds is 4. The van der Waals surface area contributed by atoms with E-state index in [-0.39, 0.29) is 5.60 Å². The highest BCUT2D eigenvalue weighted by atomic mass is 32.1. The van der Waals surface area contributed by atoms with Crippen LogP contribution in [0.25, 0.3) is 0 Å². The molecular formula is C13H22N2OS. The molecule has 0 aromatic carbocycles. The Labute approximate surface area is 108 Å². The molecule has 0 aliphatic heterocycles. The summed E-state index contributed by atoms with van der Waals surface area (Å²) in [6, 6.07) is 0. The lowest BCUT2D eigenvalue weighted by molar-refractivity contribution is -0.0580. The highest BCUT2D eigenvalue weighted by Crippen LogP contribution is 2.43. The van der Waals surface area contributed by atoms with Crippen LogP contribution >= 0.6 is 11.3 Å². The Hall–Kier alpha value is -0.450. The van der Waals surface area contributed by atoms with Crippen LogP contribution in [0.1, 0.15) is 42.5 Å². The van der Waals surface area contributed by atoms with Gasteiger partial charge in [0.25, 0.3) is 0 Å². The Balaban J connectivity index is 2.20. The van der Waals surface area contributed by atoms with E-state index in [1.165, 1.54) is 17.7 Å². The van der Waals surface area contributed by atoms with Gasteiger partial charge >= 0.3 is 0 Å². The summed E-state index contributed by atoms with van der Waals surface area (Å²) in [4.78, 5) is 5.88. The van der Waals surface area contributed by atoms with Gasteiger partial charge in [0.15, 0.2) is 0 Å². The second-order valence-corrected chi connectivity index (χ2v) is 6.18. The summed E-state index contributed by atoms with van der Waals surface area (Å²) >= 11 is 1.79. The van der Waals surface area contributed by atoms with Crippen LogP contribution in [0.15, 0.2) is 6.20 Å². The van der Waals surface area contributed by atoms with E-state index in [4.69, 9.17) is 4.74 Å². The normalized spacial score (nSPS) is 29.5. The van der Waals surface area contributed by atoms with Crippen LogP contribution in [0.5, 0.6) is 0 Å². The van der Waals surface area contributed by atoms with Gasteiger partial charge in [-0.1, -0.05) is 13.3 Å². The molecule has 0 saturated heterocycles. The summed E-state index contributed by atoms with van der Waals surface area (Å²) in [7, 11) is 3.80. The quantitative estimate of drug-likeness (QED) is 0.897. The van der Waals surface area contributed by atoms with Crippen LogP contribution in [0.3, 0.4) is 0 Å². The van der Waals surface area contributed by atoms with E-state index >= 15 is 0 Å². The third-order valence-electron chi connectivity index (χ3n) is 3.64. The summed E-state index contributed by atoms with van der Waals surface area (Å²) in [5.41, 5.74) is -0.117. The van der Waals surface area contributed by atoms with Crippen LogP contribution in [-0.2, 0) is 16.9 Å². The molecule has 1 fully saturated rings. The molecule has 3 nitrogen and oxygen atoms in total. The second kappa shape index (κ2) is 5.46. The largest absolute Gasteiger partial charge is 0.371 e. The molecule has 0 amide bonds. The molecule has 17 heavy (non-hydrogen) atoms. The van der Waals surface area contributed by atoms with E-state index in [1.54, 1.807) is 11.3 Å².